The molecule has 2 aliphatic rings. The molecule has 0 amide bonds. The smallest absolute Gasteiger partial charge is 0.211 e. The molecule has 0 atom stereocenters. The van der Waals surface area contributed by atoms with E-state index in [2.05, 4.69) is 0 Å². The molecule has 0 aliphatic carbocycles. The third-order valence-corrected chi connectivity index (χ3v) is 5.22. The minimum Gasteiger partial charge on any atom is -0.211 e. The van der Waals surface area contributed by atoms with E-state index in [9.17, 15) is 8.78 Å². The number of hydrogen-bond acceptors (Lipinski definition) is 0. The maximum atomic E-state index is 12.0. The van der Waals surface area contributed by atoms with Crippen molar-refractivity contribution >= 4 is 6.71 Å². The molecule has 0 unspecified atom stereocenters. The molecule has 2 saturated heterocycles. The summed E-state index contributed by atoms with van der Waals surface area (Å²) in [6.45, 7) is 0.989. The van der Waals surface area contributed by atoms with Gasteiger partial charge < -0.3 is 0 Å². The molecule has 3 heteroatoms. The summed E-state index contributed by atoms with van der Waals surface area (Å²) in [4.78, 5) is 0. The second-order valence-electron chi connectivity index (χ2n) is 6.43. The van der Waals surface area contributed by atoms with Crippen molar-refractivity contribution in [3.63, 3.8) is 0 Å². The van der Waals surface area contributed by atoms with Crippen molar-refractivity contribution in [3.8, 4) is 0 Å². The number of rotatable bonds is 7. The van der Waals surface area contributed by atoms with Gasteiger partial charge in [0.05, 0.1) is 0 Å². The van der Waals surface area contributed by atoms with Gasteiger partial charge >= 0.3 is 0 Å². The zero-order chi connectivity index (χ0) is 12.8. The Morgan fingerprint density at radius 2 is 1.39 bits per heavy atom. The Balaban J connectivity index is 1.58. The lowest BCUT2D eigenvalue weighted by molar-refractivity contribution is 0.134. The van der Waals surface area contributed by atoms with E-state index in [-0.39, 0.29) is 6.42 Å². The maximum absolute atomic E-state index is 12.0. The average molecular weight is 256 g/mol. The summed E-state index contributed by atoms with van der Waals surface area (Å²) in [5.41, 5.74) is 0. The van der Waals surface area contributed by atoms with Crippen molar-refractivity contribution in [1.82, 2.24) is 0 Å². The fourth-order valence-corrected chi connectivity index (χ4v) is 4.32. The van der Waals surface area contributed by atoms with Gasteiger partial charge in [-0.05, 0) is 6.42 Å². The molecule has 0 aromatic carbocycles. The van der Waals surface area contributed by atoms with Crippen molar-refractivity contribution in [2.75, 3.05) is 0 Å². The summed E-state index contributed by atoms with van der Waals surface area (Å²) in [6, 6.07) is 0. The molecule has 2 aliphatic heterocycles. The number of alkyl halides is 2. The van der Waals surface area contributed by atoms with Crippen LogP contribution in [0.2, 0.25) is 18.0 Å². The summed E-state index contributed by atoms with van der Waals surface area (Å²) < 4.78 is 24.0. The van der Waals surface area contributed by atoms with E-state index in [0.717, 1.165) is 31.2 Å². The molecule has 2 rings (SSSR count). The van der Waals surface area contributed by atoms with Crippen molar-refractivity contribution < 1.29 is 8.78 Å². The molecule has 104 valence electrons. The third-order valence-electron chi connectivity index (χ3n) is 5.22. The lowest BCUT2D eigenvalue weighted by Crippen LogP contribution is -2.34. The first-order valence-electron chi connectivity index (χ1n) is 8.05. The molecular formula is C15H27BF2. The van der Waals surface area contributed by atoms with Gasteiger partial charge in [0.2, 0.25) is 6.43 Å². The first-order chi connectivity index (χ1) is 8.77. The van der Waals surface area contributed by atoms with Gasteiger partial charge in [-0.1, -0.05) is 75.7 Å². The van der Waals surface area contributed by atoms with Gasteiger partial charge in [-0.3, -0.25) is 0 Å². The highest BCUT2D eigenvalue weighted by Gasteiger charge is 2.37. The van der Waals surface area contributed by atoms with Crippen LogP contribution in [0.3, 0.4) is 0 Å². The number of hydrogen-bond donors (Lipinski definition) is 0. The second kappa shape index (κ2) is 7.50. The topological polar surface area (TPSA) is 0 Å². The van der Waals surface area contributed by atoms with E-state index < -0.39 is 6.43 Å². The molecule has 2 bridgehead atoms. The van der Waals surface area contributed by atoms with Crippen LogP contribution in [0.1, 0.15) is 70.6 Å². The molecule has 0 aromatic heterocycles. The highest BCUT2D eigenvalue weighted by Crippen LogP contribution is 2.48. The van der Waals surface area contributed by atoms with Crippen LogP contribution >= 0.6 is 0 Å². The lowest BCUT2D eigenvalue weighted by Gasteiger charge is -2.40. The van der Waals surface area contributed by atoms with E-state index in [1.54, 1.807) is 0 Å². The predicted molar refractivity (Wildman–Crippen MR) is 74.9 cm³/mol. The van der Waals surface area contributed by atoms with Crippen molar-refractivity contribution in [2.24, 2.45) is 0 Å². The fraction of sp³-hybridized carbons (Fsp3) is 1.00. The van der Waals surface area contributed by atoms with Crippen LogP contribution in [-0.4, -0.2) is 13.1 Å². The van der Waals surface area contributed by atoms with Gasteiger partial charge in [-0.15, -0.1) is 0 Å². The molecule has 0 saturated carbocycles. The van der Waals surface area contributed by atoms with E-state index in [1.165, 1.54) is 57.7 Å². The first kappa shape index (κ1) is 14.3. The van der Waals surface area contributed by atoms with Gasteiger partial charge in [0.15, 0.2) is 0 Å². The number of halogens is 2. The molecule has 2 heterocycles. The molecule has 0 N–H and O–H groups in total. The lowest BCUT2D eigenvalue weighted by atomic mass is 9.26. The van der Waals surface area contributed by atoms with Crippen LogP contribution < -0.4 is 0 Å². The zero-order valence-electron chi connectivity index (χ0n) is 11.6. The molecule has 0 radical (unpaired) electrons. The molecule has 0 spiro atoms. The number of unbranched alkanes of at least 4 members (excludes halogenated alkanes) is 3. The maximum Gasteiger partial charge on any atom is 0.238 e. The highest BCUT2D eigenvalue weighted by atomic mass is 19.3. The summed E-state index contributed by atoms with van der Waals surface area (Å²) in [5, 5.41) is 0. The van der Waals surface area contributed by atoms with Crippen LogP contribution in [-0.2, 0) is 0 Å². The SMILES string of the molecule is FC(F)CCCCCCB1C2CCCC1CCC2. The van der Waals surface area contributed by atoms with Crippen molar-refractivity contribution in [2.45, 2.75) is 95.0 Å². The molecule has 0 aromatic rings. The van der Waals surface area contributed by atoms with Gasteiger partial charge in [0.1, 0.15) is 6.71 Å². The van der Waals surface area contributed by atoms with Crippen LogP contribution in [0.15, 0.2) is 0 Å². The van der Waals surface area contributed by atoms with Crippen LogP contribution in [0.5, 0.6) is 0 Å². The van der Waals surface area contributed by atoms with Crippen LogP contribution in [0.25, 0.3) is 0 Å². The normalized spacial score (nSPS) is 27.8. The predicted octanol–water partition coefficient (Wildman–Crippen LogP) is 5.81. The van der Waals surface area contributed by atoms with E-state index in [0.29, 0.717) is 0 Å². The van der Waals surface area contributed by atoms with E-state index in [1.807, 2.05) is 0 Å². The Morgan fingerprint density at radius 3 is 1.94 bits per heavy atom. The van der Waals surface area contributed by atoms with Crippen molar-refractivity contribution in [3.05, 3.63) is 0 Å². The Bertz CT molecular complexity index is 211. The van der Waals surface area contributed by atoms with Crippen molar-refractivity contribution in [1.29, 1.82) is 0 Å². The Kier molecular flexibility index (Phi) is 5.97. The quantitative estimate of drug-likeness (QED) is 0.398. The zero-order valence-corrected chi connectivity index (χ0v) is 11.6. The second-order valence-corrected chi connectivity index (χ2v) is 6.43. The summed E-state index contributed by atoms with van der Waals surface area (Å²) >= 11 is 0. The largest absolute Gasteiger partial charge is 0.238 e. The molecular weight excluding hydrogens is 229 g/mol. The van der Waals surface area contributed by atoms with Gasteiger partial charge in [-0.2, -0.15) is 0 Å². The summed E-state index contributed by atoms with van der Waals surface area (Å²) in [5.74, 6) is 2.03. The third kappa shape index (κ3) is 4.24. The van der Waals surface area contributed by atoms with Crippen LogP contribution in [0, 0.1) is 0 Å². The molecule has 2 fully saturated rings. The minimum atomic E-state index is -2.09. The van der Waals surface area contributed by atoms with E-state index in [4.69, 9.17) is 0 Å². The summed E-state index contributed by atoms with van der Waals surface area (Å²) in [6.07, 6.45) is 12.3. The Labute approximate surface area is 111 Å². The van der Waals surface area contributed by atoms with Gasteiger partial charge in [-0.25, -0.2) is 8.78 Å². The molecule has 0 nitrogen and oxygen atoms in total. The number of fused-ring (bicyclic) bond motifs is 2. The standard InChI is InChI=1S/C15H27BF2/c17-15(18)11-3-1-2-4-12-16-13-7-5-8-14(16)10-6-9-13/h13-15H,1-12H2. The van der Waals surface area contributed by atoms with Gasteiger partial charge in [0, 0.05) is 6.42 Å². The van der Waals surface area contributed by atoms with Crippen LogP contribution in [0.4, 0.5) is 8.78 Å². The monoisotopic (exact) mass is 256 g/mol. The first-order valence-corrected chi connectivity index (χ1v) is 8.05. The minimum absolute atomic E-state index is 0.106. The van der Waals surface area contributed by atoms with E-state index >= 15 is 0 Å². The highest BCUT2D eigenvalue weighted by molar-refractivity contribution is 6.62. The summed E-state index contributed by atoms with van der Waals surface area (Å²) in [7, 11) is 0. The Hall–Kier alpha value is -0.0751. The van der Waals surface area contributed by atoms with Gasteiger partial charge in [0.25, 0.3) is 0 Å². The fourth-order valence-electron chi connectivity index (χ4n) is 4.32. The molecule has 18 heavy (non-hydrogen) atoms. The Morgan fingerprint density at radius 1 is 0.833 bits per heavy atom. The average Bonchev–Trinajstić information content (AvgIpc) is 2.32.